The molecule has 0 heterocycles. The largest absolute Gasteiger partial charge is 0.493 e. The maximum Gasteiger partial charge on any atom is 0.260 e. The maximum atomic E-state index is 11.6. The lowest BCUT2D eigenvalue weighted by Crippen LogP contribution is -2.31. The molecule has 0 aromatic heterocycles. The van der Waals surface area contributed by atoms with Gasteiger partial charge in [-0.1, -0.05) is 6.07 Å². The first-order chi connectivity index (χ1) is 8.62. The van der Waals surface area contributed by atoms with Crippen LogP contribution in [0.4, 0.5) is 0 Å². The number of methoxy groups -OCH3 is 1. The quantitative estimate of drug-likeness (QED) is 0.823. The van der Waals surface area contributed by atoms with E-state index >= 15 is 0 Å². The van der Waals surface area contributed by atoms with E-state index in [0.717, 1.165) is 5.56 Å². The Morgan fingerprint density at radius 1 is 1.39 bits per heavy atom. The Balaban J connectivity index is 2.70. The van der Waals surface area contributed by atoms with Crippen LogP contribution in [0.2, 0.25) is 0 Å². The predicted octanol–water partition coefficient (Wildman–Crippen LogP) is 1.04. The number of carbonyl (C=O) groups is 1. The van der Waals surface area contributed by atoms with Crippen molar-refractivity contribution < 1.29 is 19.4 Å². The second-order valence-corrected chi connectivity index (χ2v) is 3.84. The molecule has 0 aliphatic rings. The van der Waals surface area contributed by atoms with Gasteiger partial charge in [-0.3, -0.25) is 4.79 Å². The normalized spacial score (nSPS) is 10.0. The molecule has 0 spiro atoms. The Kier molecular flexibility index (Phi) is 5.45. The smallest absolute Gasteiger partial charge is 0.260 e. The topological polar surface area (TPSA) is 59.0 Å². The first-order valence-corrected chi connectivity index (χ1v) is 5.76. The van der Waals surface area contributed by atoms with E-state index in [-0.39, 0.29) is 19.1 Å². The minimum Gasteiger partial charge on any atom is -0.493 e. The van der Waals surface area contributed by atoms with Gasteiger partial charge in [0, 0.05) is 13.6 Å². The summed E-state index contributed by atoms with van der Waals surface area (Å²) in [5.74, 6) is 0.909. The highest BCUT2D eigenvalue weighted by molar-refractivity contribution is 5.77. The monoisotopic (exact) mass is 253 g/mol. The Morgan fingerprint density at radius 2 is 2.11 bits per heavy atom. The summed E-state index contributed by atoms with van der Waals surface area (Å²) in [7, 11) is 3.24. The summed E-state index contributed by atoms with van der Waals surface area (Å²) in [6.45, 7) is 2.45. The Bertz CT molecular complexity index is 406. The van der Waals surface area contributed by atoms with Crippen molar-refractivity contribution in [1.82, 2.24) is 4.90 Å². The molecule has 1 aromatic carbocycles. The van der Waals surface area contributed by atoms with Crippen LogP contribution in [0.25, 0.3) is 0 Å². The number of hydrogen-bond acceptors (Lipinski definition) is 4. The van der Waals surface area contributed by atoms with E-state index in [0.29, 0.717) is 18.0 Å². The van der Waals surface area contributed by atoms with Gasteiger partial charge in [-0.2, -0.15) is 0 Å². The molecule has 100 valence electrons. The number of carbonyl (C=O) groups excluding carboxylic acids is 1. The van der Waals surface area contributed by atoms with Gasteiger partial charge >= 0.3 is 0 Å². The molecule has 0 aliphatic heterocycles. The molecule has 1 rings (SSSR count). The van der Waals surface area contributed by atoms with Crippen LogP contribution in [0, 0.1) is 0 Å². The zero-order valence-electron chi connectivity index (χ0n) is 11.0. The second-order valence-electron chi connectivity index (χ2n) is 3.84. The number of aliphatic hydroxyl groups is 1. The Labute approximate surface area is 107 Å². The van der Waals surface area contributed by atoms with Crippen molar-refractivity contribution in [2.24, 2.45) is 0 Å². The van der Waals surface area contributed by atoms with Crippen LogP contribution >= 0.6 is 0 Å². The lowest BCUT2D eigenvalue weighted by Gasteiger charge is -2.16. The van der Waals surface area contributed by atoms with Crippen LogP contribution in [-0.4, -0.2) is 43.2 Å². The van der Waals surface area contributed by atoms with Crippen LogP contribution in [0.5, 0.6) is 11.5 Å². The van der Waals surface area contributed by atoms with Gasteiger partial charge in [0.2, 0.25) is 0 Å². The molecule has 1 aromatic rings. The third-order valence-electron chi connectivity index (χ3n) is 2.66. The standard InChI is InChI=1S/C13H19NO4/c1-4-14(2)13(16)9-18-11-6-5-10(8-15)7-12(11)17-3/h5-7,15H,4,8-9H2,1-3H3. The van der Waals surface area contributed by atoms with Gasteiger partial charge in [0.1, 0.15) is 0 Å². The van der Waals surface area contributed by atoms with E-state index in [4.69, 9.17) is 14.6 Å². The van der Waals surface area contributed by atoms with Crippen LogP contribution in [0.15, 0.2) is 18.2 Å². The molecule has 0 saturated heterocycles. The van der Waals surface area contributed by atoms with Crippen molar-refractivity contribution in [2.75, 3.05) is 27.3 Å². The van der Waals surface area contributed by atoms with E-state index < -0.39 is 0 Å². The van der Waals surface area contributed by atoms with E-state index in [1.807, 2.05) is 6.92 Å². The van der Waals surface area contributed by atoms with E-state index in [2.05, 4.69) is 0 Å². The van der Waals surface area contributed by atoms with Crippen LogP contribution < -0.4 is 9.47 Å². The molecule has 0 unspecified atom stereocenters. The van der Waals surface area contributed by atoms with Crippen molar-refractivity contribution >= 4 is 5.91 Å². The zero-order chi connectivity index (χ0) is 13.5. The maximum absolute atomic E-state index is 11.6. The van der Waals surface area contributed by atoms with Gasteiger partial charge in [-0.25, -0.2) is 0 Å². The number of amides is 1. The van der Waals surface area contributed by atoms with Crippen LogP contribution in [0.1, 0.15) is 12.5 Å². The second kappa shape index (κ2) is 6.86. The van der Waals surface area contributed by atoms with Crippen LogP contribution in [-0.2, 0) is 11.4 Å². The molecule has 0 fully saturated rings. The van der Waals surface area contributed by atoms with E-state index in [1.54, 1.807) is 30.1 Å². The Hall–Kier alpha value is -1.75. The summed E-state index contributed by atoms with van der Waals surface area (Å²) < 4.78 is 10.6. The summed E-state index contributed by atoms with van der Waals surface area (Å²) in [4.78, 5) is 13.2. The molecule has 18 heavy (non-hydrogen) atoms. The highest BCUT2D eigenvalue weighted by Gasteiger charge is 2.10. The van der Waals surface area contributed by atoms with Crippen molar-refractivity contribution in [3.05, 3.63) is 23.8 Å². The number of benzene rings is 1. The number of hydrogen-bond donors (Lipinski definition) is 1. The third-order valence-corrected chi connectivity index (χ3v) is 2.66. The fourth-order valence-corrected chi connectivity index (χ4v) is 1.36. The first kappa shape index (κ1) is 14.3. The average molecular weight is 253 g/mol. The van der Waals surface area contributed by atoms with Gasteiger partial charge in [0.05, 0.1) is 13.7 Å². The molecule has 0 radical (unpaired) electrons. The van der Waals surface area contributed by atoms with Crippen molar-refractivity contribution in [3.8, 4) is 11.5 Å². The zero-order valence-corrected chi connectivity index (χ0v) is 11.0. The molecule has 0 bridgehead atoms. The molecule has 1 N–H and O–H groups in total. The van der Waals surface area contributed by atoms with Gasteiger partial charge in [-0.05, 0) is 24.6 Å². The number of ether oxygens (including phenoxy) is 2. The van der Waals surface area contributed by atoms with E-state index in [1.165, 1.54) is 7.11 Å². The van der Waals surface area contributed by atoms with E-state index in [9.17, 15) is 4.79 Å². The number of aliphatic hydroxyl groups excluding tert-OH is 1. The minimum absolute atomic E-state index is 0.0286. The van der Waals surface area contributed by atoms with Crippen LogP contribution in [0.3, 0.4) is 0 Å². The fourth-order valence-electron chi connectivity index (χ4n) is 1.36. The van der Waals surface area contributed by atoms with Crippen molar-refractivity contribution in [2.45, 2.75) is 13.5 Å². The lowest BCUT2D eigenvalue weighted by atomic mass is 10.2. The molecule has 5 heteroatoms. The number of rotatable bonds is 6. The number of likely N-dealkylation sites (N-methyl/N-ethyl adjacent to an activating group) is 1. The highest BCUT2D eigenvalue weighted by Crippen LogP contribution is 2.28. The van der Waals surface area contributed by atoms with Gasteiger partial charge in [-0.15, -0.1) is 0 Å². The first-order valence-electron chi connectivity index (χ1n) is 5.76. The average Bonchev–Trinajstić information content (AvgIpc) is 2.43. The van der Waals surface area contributed by atoms with Crippen molar-refractivity contribution in [1.29, 1.82) is 0 Å². The fraction of sp³-hybridized carbons (Fsp3) is 0.462. The molecule has 5 nitrogen and oxygen atoms in total. The van der Waals surface area contributed by atoms with Gasteiger partial charge in [0.25, 0.3) is 5.91 Å². The molecular weight excluding hydrogens is 234 g/mol. The molecule has 0 saturated carbocycles. The SMILES string of the molecule is CCN(C)C(=O)COc1ccc(CO)cc1OC. The van der Waals surface area contributed by atoms with Gasteiger partial charge < -0.3 is 19.5 Å². The highest BCUT2D eigenvalue weighted by atomic mass is 16.5. The molecule has 0 aliphatic carbocycles. The molecule has 1 amide bonds. The third kappa shape index (κ3) is 3.63. The summed E-state index contributed by atoms with van der Waals surface area (Å²) in [6, 6.07) is 5.10. The summed E-state index contributed by atoms with van der Waals surface area (Å²) >= 11 is 0. The summed E-state index contributed by atoms with van der Waals surface area (Å²) in [5.41, 5.74) is 0.733. The van der Waals surface area contributed by atoms with Gasteiger partial charge in [0.15, 0.2) is 18.1 Å². The minimum atomic E-state index is -0.0919. The molecular formula is C13H19NO4. The van der Waals surface area contributed by atoms with Crippen molar-refractivity contribution in [3.63, 3.8) is 0 Å². The predicted molar refractivity (Wildman–Crippen MR) is 67.7 cm³/mol. The number of nitrogens with zero attached hydrogens (tertiary/aromatic N) is 1. The molecule has 0 atom stereocenters. The summed E-state index contributed by atoms with van der Waals surface area (Å²) in [5, 5.41) is 9.01. The summed E-state index contributed by atoms with van der Waals surface area (Å²) in [6.07, 6.45) is 0. The Morgan fingerprint density at radius 3 is 2.67 bits per heavy atom. The lowest BCUT2D eigenvalue weighted by molar-refractivity contribution is -0.131.